The number of aliphatic hydroxyl groups is 1. The molecule has 1 aromatic rings. The van der Waals surface area contributed by atoms with Crippen LogP contribution in [0.5, 0.6) is 0 Å². The average molecular weight is 299 g/mol. The maximum absolute atomic E-state index is 12.5. The topological polar surface area (TPSA) is 75.6 Å². The van der Waals surface area contributed by atoms with E-state index in [1.165, 1.54) is 0 Å². The lowest BCUT2D eigenvalue weighted by atomic mass is 10.1. The van der Waals surface area contributed by atoms with Crippen LogP contribution in [0.25, 0.3) is 0 Å². The van der Waals surface area contributed by atoms with Gasteiger partial charge in [-0.3, -0.25) is 0 Å². The first-order valence-electron chi connectivity index (χ1n) is 6.75. The molecule has 6 heteroatoms. The van der Waals surface area contributed by atoms with Crippen molar-refractivity contribution in [2.24, 2.45) is 0 Å². The molecule has 1 aromatic carbocycles. The number of ether oxygens (including phenoxy) is 1. The molecule has 1 fully saturated rings. The van der Waals surface area contributed by atoms with Crippen LogP contribution in [0.3, 0.4) is 0 Å². The highest BCUT2D eigenvalue weighted by Gasteiger charge is 2.24. The molecule has 1 unspecified atom stereocenters. The van der Waals surface area contributed by atoms with Crippen LogP contribution in [0, 0.1) is 13.8 Å². The van der Waals surface area contributed by atoms with Gasteiger partial charge < -0.3 is 9.84 Å². The largest absolute Gasteiger partial charge is 0.392 e. The normalized spacial score (nSPS) is 20.1. The second kappa shape index (κ2) is 6.22. The predicted molar refractivity (Wildman–Crippen MR) is 76.0 cm³/mol. The van der Waals surface area contributed by atoms with Crippen LogP contribution < -0.4 is 4.72 Å². The monoisotopic (exact) mass is 299 g/mol. The second-order valence-corrected chi connectivity index (χ2v) is 6.92. The maximum Gasteiger partial charge on any atom is 0.241 e. The summed E-state index contributed by atoms with van der Waals surface area (Å²) in [7, 11) is -3.58. The van der Waals surface area contributed by atoms with E-state index in [0.29, 0.717) is 24.3 Å². The molecule has 1 heterocycles. The fraction of sp³-hybridized carbons (Fsp3) is 0.571. The predicted octanol–water partition coefficient (Wildman–Crippen LogP) is 1.25. The molecule has 112 valence electrons. The van der Waals surface area contributed by atoms with E-state index in [4.69, 9.17) is 4.74 Å². The summed E-state index contributed by atoms with van der Waals surface area (Å²) < 4.78 is 32.9. The minimum Gasteiger partial charge on any atom is -0.392 e. The number of sulfonamides is 1. The Kier molecular flexibility index (Phi) is 4.80. The van der Waals surface area contributed by atoms with E-state index in [-0.39, 0.29) is 17.5 Å². The van der Waals surface area contributed by atoms with Crippen molar-refractivity contribution in [1.29, 1.82) is 0 Å². The van der Waals surface area contributed by atoms with Crippen molar-refractivity contribution >= 4 is 10.0 Å². The van der Waals surface area contributed by atoms with Crippen molar-refractivity contribution in [3.63, 3.8) is 0 Å². The van der Waals surface area contributed by atoms with E-state index in [2.05, 4.69) is 4.72 Å². The molecule has 20 heavy (non-hydrogen) atoms. The van der Waals surface area contributed by atoms with Gasteiger partial charge >= 0.3 is 0 Å². The van der Waals surface area contributed by atoms with Crippen molar-refractivity contribution in [3.05, 3.63) is 28.8 Å². The van der Waals surface area contributed by atoms with Gasteiger partial charge in [-0.25, -0.2) is 13.1 Å². The summed E-state index contributed by atoms with van der Waals surface area (Å²) in [4.78, 5) is 0.234. The Balaban J connectivity index is 2.28. The van der Waals surface area contributed by atoms with Gasteiger partial charge in [0.15, 0.2) is 0 Å². The van der Waals surface area contributed by atoms with Gasteiger partial charge in [0.1, 0.15) is 0 Å². The molecule has 1 aliphatic rings. The number of hydrogen-bond acceptors (Lipinski definition) is 4. The molecule has 1 aliphatic heterocycles. The molecule has 0 saturated carbocycles. The van der Waals surface area contributed by atoms with Gasteiger partial charge in [-0.1, -0.05) is 6.07 Å². The quantitative estimate of drug-likeness (QED) is 0.877. The Hall–Kier alpha value is -0.950. The molecule has 2 rings (SSSR count). The van der Waals surface area contributed by atoms with Gasteiger partial charge in [0.25, 0.3) is 0 Å². The van der Waals surface area contributed by atoms with Crippen molar-refractivity contribution in [3.8, 4) is 0 Å². The van der Waals surface area contributed by atoms with Crippen LogP contribution >= 0.6 is 0 Å². The standard InChI is InChI=1S/C14H21NO4S/c1-10-6-11(2)14(7-12(10)8-16)20(17,18)15-13-4-3-5-19-9-13/h6-7,13,15-16H,3-5,8-9H2,1-2H3. The summed E-state index contributed by atoms with van der Waals surface area (Å²) in [5, 5.41) is 9.29. The lowest BCUT2D eigenvalue weighted by Gasteiger charge is -2.23. The smallest absolute Gasteiger partial charge is 0.241 e. The first-order valence-corrected chi connectivity index (χ1v) is 8.23. The third-order valence-corrected chi connectivity index (χ3v) is 5.24. The molecule has 0 spiro atoms. The Bertz CT molecular complexity index is 577. The lowest BCUT2D eigenvalue weighted by molar-refractivity contribution is 0.0774. The Morgan fingerprint density at radius 2 is 2.10 bits per heavy atom. The van der Waals surface area contributed by atoms with Crippen molar-refractivity contribution in [1.82, 2.24) is 4.72 Å². The van der Waals surface area contributed by atoms with Crippen LogP contribution in [0.15, 0.2) is 17.0 Å². The summed E-state index contributed by atoms with van der Waals surface area (Å²) in [6.07, 6.45) is 1.65. The highest BCUT2D eigenvalue weighted by Crippen LogP contribution is 2.21. The van der Waals surface area contributed by atoms with Crippen LogP contribution in [0.2, 0.25) is 0 Å². The maximum atomic E-state index is 12.5. The molecule has 0 radical (unpaired) electrons. The Labute approximate surface area is 120 Å². The van der Waals surface area contributed by atoms with Crippen LogP contribution in [-0.2, 0) is 21.4 Å². The number of nitrogens with one attached hydrogen (secondary N) is 1. The first-order chi connectivity index (χ1) is 9.44. The second-order valence-electron chi connectivity index (χ2n) is 5.24. The van der Waals surface area contributed by atoms with Crippen LogP contribution in [-0.4, -0.2) is 32.8 Å². The zero-order valence-electron chi connectivity index (χ0n) is 11.8. The first kappa shape index (κ1) is 15.4. The molecule has 1 atom stereocenters. The average Bonchev–Trinajstić information content (AvgIpc) is 2.39. The molecule has 2 N–H and O–H groups in total. The van der Waals surface area contributed by atoms with Crippen molar-refractivity contribution in [2.75, 3.05) is 13.2 Å². The summed E-state index contributed by atoms with van der Waals surface area (Å²) in [5.74, 6) is 0. The fourth-order valence-electron chi connectivity index (χ4n) is 2.45. The van der Waals surface area contributed by atoms with Gasteiger partial charge in [-0.15, -0.1) is 0 Å². The highest BCUT2D eigenvalue weighted by atomic mass is 32.2. The molecule has 1 saturated heterocycles. The van der Waals surface area contributed by atoms with Gasteiger partial charge in [-0.2, -0.15) is 0 Å². The van der Waals surface area contributed by atoms with Crippen LogP contribution in [0.4, 0.5) is 0 Å². The number of rotatable bonds is 4. The van der Waals surface area contributed by atoms with Crippen molar-refractivity contribution < 1.29 is 18.3 Å². The lowest BCUT2D eigenvalue weighted by Crippen LogP contribution is -2.40. The van der Waals surface area contributed by atoms with Crippen molar-refractivity contribution in [2.45, 2.75) is 44.2 Å². The van der Waals surface area contributed by atoms with E-state index >= 15 is 0 Å². The van der Waals surface area contributed by atoms with Gasteiger partial charge in [0, 0.05) is 12.6 Å². The Morgan fingerprint density at radius 1 is 1.35 bits per heavy atom. The van der Waals surface area contributed by atoms with E-state index in [1.807, 2.05) is 6.92 Å². The molecule has 5 nitrogen and oxygen atoms in total. The molecule has 0 aromatic heterocycles. The van der Waals surface area contributed by atoms with E-state index in [0.717, 1.165) is 18.4 Å². The molecular weight excluding hydrogens is 278 g/mol. The molecule has 0 aliphatic carbocycles. The van der Waals surface area contributed by atoms with E-state index < -0.39 is 10.0 Å². The van der Waals surface area contributed by atoms with Gasteiger partial charge in [0.2, 0.25) is 10.0 Å². The number of hydrogen-bond donors (Lipinski definition) is 2. The molecule has 0 bridgehead atoms. The van der Waals surface area contributed by atoms with Gasteiger partial charge in [0.05, 0.1) is 18.1 Å². The summed E-state index contributed by atoms with van der Waals surface area (Å²) in [5.41, 5.74) is 2.21. The highest BCUT2D eigenvalue weighted by molar-refractivity contribution is 7.89. The minimum absolute atomic E-state index is 0.166. The number of aryl methyl sites for hydroxylation is 2. The number of benzene rings is 1. The fourth-order valence-corrected chi connectivity index (χ4v) is 3.98. The summed E-state index contributed by atoms with van der Waals surface area (Å²) in [6.45, 7) is 4.56. The van der Waals surface area contributed by atoms with Crippen LogP contribution in [0.1, 0.15) is 29.5 Å². The minimum atomic E-state index is -3.58. The zero-order chi connectivity index (χ0) is 14.8. The molecular formula is C14H21NO4S. The summed E-state index contributed by atoms with van der Waals surface area (Å²) in [6, 6.07) is 3.17. The third-order valence-electron chi connectivity index (χ3n) is 3.58. The Morgan fingerprint density at radius 3 is 2.70 bits per heavy atom. The van der Waals surface area contributed by atoms with E-state index in [1.54, 1.807) is 19.1 Å². The molecule has 0 amide bonds. The number of aliphatic hydroxyl groups excluding tert-OH is 1. The van der Waals surface area contributed by atoms with Gasteiger partial charge in [-0.05, 0) is 49.4 Å². The summed E-state index contributed by atoms with van der Waals surface area (Å²) >= 11 is 0. The zero-order valence-corrected chi connectivity index (χ0v) is 12.7. The van der Waals surface area contributed by atoms with E-state index in [9.17, 15) is 13.5 Å². The third kappa shape index (κ3) is 3.38. The SMILES string of the molecule is Cc1cc(C)c(S(=O)(=O)NC2CCCOC2)cc1CO.